The lowest BCUT2D eigenvalue weighted by molar-refractivity contribution is -0.0806. The number of hydrogen-bond acceptors (Lipinski definition) is 6. The van der Waals surface area contributed by atoms with Crippen LogP contribution in [0.1, 0.15) is 34.1 Å². The molecule has 0 aliphatic heterocycles. The topological polar surface area (TPSA) is 105 Å². The third-order valence-electron chi connectivity index (χ3n) is 3.10. The van der Waals surface area contributed by atoms with Crippen LogP contribution in [0, 0.1) is 0 Å². The number of nitrogen functional groups attached to an aromatic ring is 2. The molecule has 0 amide bonds. The Kier molecular flexibility index (Phi) is 5.19. The van der Waals surface area contributed by atoms with Gasteiger partial charge in [-0.3, -0.25) is 0 Å². The summed E-state index contributed by atoms with van der Waals surface area (Å²) < 4.78 is 10.4. The first-order valence-electron chi connectivity index (χ1n) is 7.12. The smallest absolute Gasteiger partial charge is 0.341 e. The Morgan fingerprint density at radius 1 is 0.826 bits per heavy atom. The lowest BCUT2D eigenvalue weighted by atomic mass is 10.2. The zero-order chi connectivity index (χ0) is 16.8. The van der Waals surface area contributed by atoms with Crippen LogP contribution in [0.25, 0.3) is 0 Å². The third kappa shape index (κ3) is 4.47. The molecule has 0 bridgehead atoms. The summed E-state index contributed by atoms with van der Waals surface area (Å²) in [6.45, 7) is 1.75. The molecule has 0 aliphatic rings. The second kappa shape index (κ2) is 7.31. The highest BCUT2D eigenvalue weighted by molar-refractivity contribution is 5.91. The van der Waals surface area contributed by atoms with E-state index in [9.17, 15) is 9.59 Å². The number of anilines is 2. The summed E-state index contributed by atoms with van der Waals surface area (Å²) in [7, 11) is 0. The summed E-state index contributed by atoms with van der Waals surface area (Å²) in [5.41, 5.74) is 12.9. The molecule has 0 saturated heterocycles. The molecule has 0 saturated carbocycles. The summed E-state index contributed by atoms with van der Waals surface area (Å²) >= 11 is 0. The Hall–Kier alpha value is -3.02. The SMILES string of the molecule is CCC(OC(=O)c1ccc(N)cc1)OC(=O)c1ccc(N)cc1. The van der Waals surface area contributed by atoms with Gasteiger partial charge in [-0.2, -0.15) is 0 Å². The van der Waals surface area contributed by atoms with E-state index in [0.29, 0.717) is 28.9 Å². The Morgan fingerprint density at radius 3 is 1.48 bits per heavy atom. The molecule has 0 aromatic heterocycles. The van der Waals surface area contributed by atoms with Gasteiger partial charge in [0.25, 0.3) is 0 Å². The van der Waals surface area contributed by atoms with Crippen LogP contribution in [0.3, 0.4) is 0 Å². The monoisotopic (exact) mass is 314 g/mol. The van der Waals surface area contributed by atoms with Crippen LogP contribution in [-0.4, -0.2) is 18.2 Å². The highest BCUT2D eigenvalue weighted by Crippen LogP contribution is 2.13. The highest BCUT2D eigenvalue weighted by Gasteiger charge is 2.19. The van der Waals surface area contributed by atoms with Gasteiger partial charge in [-0.25, -0.2) is 9.59 Å². The fraction of sp³-hybridized carbons (Fsp3) is 0.176. The minimum Gasteiger partial charge on any atom is -0.422 e. The highest BCUT2D eigenvalue weighted by atomic mass is 16.7. The van der Waals surface area contributed by atoms with Crippen LogP contribution < -0.4 is 11.5 Å². The molecule has 2 aromatic carbocycles. The van der Waals surface area contributed by atoms with Gasteiger partial charge in [0.15, 0.2) is 0 Å². The summed E-state index contributed by atoms with van der Waals surface area (Å²) in [5.74, 6) is -1.16. The van der Waals surface area contributed by atoms with E-state index in [0.717, 1.165) is 0 Å². The molecule has 23 heavy (non-hydrogen) atoms. The zero-order valence-electron chi connectivity index (χ0n) is 12.7. The van der Waals surface area contributed by atoms with Gasteiger partial charge in [-0.05, 0) is 48.5 Å². The predicted octanol–water partition coefficient (Wildman–Crippen LogP) is 2.60. The van der Waals surface area contributed by atoms with Crippen LogP contribution >= 0.6 is 0 Å². The molecular weight excluding hydrogens is 296 g/mol. The Morgan fingerprint density at radius 2 is 1.17 bits per heavy atom. The molecular formula is C17H18N2O4. The van der Waals surface area contributed by atoms with E-state index in [2.05, 4.69) is 0 Å². The number of hydrogen-bond donors (Lipinski definition) is 2. The summed E-state index contributed by atoms with van der Waals surface area (Å²) in [6, 6.07) is 12.6. The van der Waals surface area contributed by atoms with E-state index in [4.69, 9.17) is 20.9 Å². The minimum absolute atomic E-state index is 0.334. The first-order valence-corrected chi connectivity index (χ1v) is 7.12. The van der Waals surface area contributed by atoms with E-state index < -0.39 is 18.2 Å². The molecule has 2 aromatic rings. The van der Waals surface area contributed by atoms with Gasteiger partial charge in [-0.15, -0.1) is 0 Å². The number of carbonyl (C=O) groups excluding carboxylic acids is 2. The van der Waals surface area contributed by atoms with E-state index in [-0.39, 0.29) is 0 Å². The maximum Gasteiger partial charge on any atom is 0.341 e. The van der Waals surface area contributed by atoms with Crippen molar-refractivity contribution in [2.24, 2.45) is 0 Å². The number of carbonyl (C=O) groups is 2. The average molecular weight is 314 g/mol. The molecule has 0 heterocycles. The van der Waals surface area contributed by atoms with Crippen LogP contribution in [0.2, 0.25) is 0 Å². The van der Waals surface area contributed by atoms with E-state index in [1.165, 1.54) is 0 Å². The normalized spacial score (nSPS) is 10.3. The standard InChI is InChI=1S/C17H18N2O4/c1-2-15(22-16(20)11-3-7-13(18)8-4-11)23-17(21)12-5-9-14(19)10-6-12/h3-10,15H,2,18-19H2,1H3. The van der Waals surface area contributed by atoms with Gasteiger partial charge in [0.2, 0.25) is 6.29 Å². The number of rotatable bonds is 5. The maximum absolute atomic E-state index is 12.0. The molecule has 0 aliphatic carbocycles. The van der Waals surface area contributed by atoms with Crippen molar-refractivity contribution < 1.29 is 19.1 Å². The van der Waals surface area contributed by atoms with Crippen LogP contribution in [0.4, 0.5) is 11.4 Å². The van der Waals surface area contributed by atoms with Crippen molar-refractivity contribution in [2.45, 2.75) is 19.6 Å². The van der Waals surface area contributed by atoms with Crippen LogP contribution in [0.15, 0.2) is 48.5 Å². The number of nitrogens with two attached hydrogens (primary N) is 2. The Labute approximate surface area is 134 Å². The lowest BCUT2D eigenvalue weighted by Gasteiger charge is -2.17. The second-order valence-electron chi connectivity index (χ2n) is 4.89. The molecule has 4 N–H and O–H groups in total. The number of benzene rings is 2. The molecule has 0 atom stereocenters. The zero-order valence-corrected chi connectivity index (χ0v) is 12.7. The maximum atomic E-state index is 12.0. The second-order valence-corrected chi connectivity index (χ2v) is 4.89. The summed E-state index contributed by atoms with van der Waals surface area (Å²) in [5, 5.41) is 0. The number of ether oxygens (including phenoxy) is 2. The Balaban J connectivity index is 1.99. The van der Waals surface area contributed by atoms with Crippen LogP contribution in [-0.2, 0) is 9.47 Å². The van der Waals surface area contributed by atoms with Crippen molar-refractivity contribution in [3.05, 3.63) is 59.7 Å². The van der Waals surface area contributed by atoms with Crippen molar-refractivity contribution in [1.82, 2.24) is 0 Å². The molecule has 6 nitrogen and oxygen atoms in total. The van der Waals surface area contributed by atoms with Gasteiger partial charge in [-0.1, -0.05) is 6.92 Å². The van der Waals surface area contributed by atoms with Gasteiger partial charge >= 0.3 is 11.9 Å². The van der Waals surface area contributed by atoms with Crippen molar-refractivity contribution in [1.29, 1.82) is 0 Å². The van der Waals surface area contributed by atoms with Crippen molar-refractivity contribution >= 4 is 23.3 Å². The van der Waals surface area contributed by atoms with Gasteiger partial charge in [0, 0.05) is 17.8 Å². The average Bonchev–Trinajstić information content (AvgIpc) is 2.55. The van der Waals surface area contributed by atoms with Crippen molar-refractivity contribution in [2.75, 3.05) is 11.5 Å². The van der Waals surface area contributed by atoms with Crippen molar-refractivity contribution in [3.8, 4) is 0 Å². The fourth-order valence-electron chi connectivity index (χ4n) is 1.80. The van der Waals surface area contributed by atoms with E-state index in [1.54, 1.807) is 55.5 Å². The molecule has 0 fully saturated rings. The first-order chi connectivity index (χ1) is 11.0. The molecule has 6 heteroatoms. The predicted molar refractivity (Wildman–Crippen MR) is 86.6 cm³/mol. The molecule has 0 spiro atoms. The molecule has 2 rings (SSSR count). The quantitative estimate of drug-likeness (QED) is 0.499. The lowest BCUT2D eigenvalue weighted by Crippen LogP contribution is -2.24. The molecule has 0 unspecified atom stereocenters. The summed E-state index contributed by atoms with van der Waals surface area (Å²) in [4.78, 5) is 24.0. The van der Waals surface area contributed by atoms with E-state index >= 15 is 0 Å². The minimum atomic E-state index is -0.967. The largest absolute Gasteiger partial charge is 0.422 e. The third-order valence-corrected chi connectivity index (χ3v) is 3.10. The van der Waals surface area contributed by atoms with Gasteiger partial charge in [0.05, 0.1) is 11.1 Å². The van der Waals surface area contributed by atoms with Gasteiger partial charge < -0.3 is 20.9 Å². The first kappa shape index (κ1) is 16.4. The Bertz CT molecular complexity index is 621. The van der Waals surface area contributed by atoms with Crippen molar-refractivity contribution in [3.63, 3.8) is 0 Å². The van der Waals surface area contributed by atoms with Crippen LogP contribution in [0.5, 0.6) is 0 Å². The van der Waals surface area contributed by atoms with Gasteiger partial charge in [0.1, 0.15) is 0 Å². The fourth-order valence-corrected chi connectivity index (χ4v) is 1.80. The summed E-state index contributed by atoms with van der Waals surface area (Å²) in [6.07, 6.45) is -0.633. The number of esters is 2. The molecule has 120 valence electrons. The van der Waals surface area contributed by atoms with E-state index in [1.807, 2.05) is 0 Å². The molecule has 0 radical (unpaired) electrons.